The third-order valence-electron chi connectivity index (χ3n) is 5.10. The van der Waals surface area contributed by atoms with E-state index in [2.05, 4.69) is 18.3 Å². The highest BCUT2D eigenvalue weighted by atomic mass is 32.2. The number of halogens is 1. The number of hydrogen-bond acceptors (Lipinski definition) is 2. The van der Waals surface area contributed by atoms with E-state index in [1.165, 1.54) is 44.1 Å². The molecule has 0 aromatic heterocycles. The summed E-state index contributed by atoms with van der Waals surface area (Å²) >= 11 is 1.67. The Morgan fingerprint density at radius 1 is 1.14 bits per heavy atom. The van der Waals surface area contributed by atoms with Gasteiger partial charge in [-0.05, 0) is 49.5 Å². The Balaban J connectivity index is 1.69. The van der Waals surface area contributed by atoms with E-state index in [0.717, 1.165) is 23.0 Å². The molecular weight excluding hydrogens is 281 g/mol. The van der Waals surface area contributed by atoms with E-state index in [9.17, 15) is 4.39 Å². The molecular formula is C18H26FNS. The molecule has 2 atom stereocenters. The summed E-state index contributed by atoms with van der Waals surface area (Å²) in [6.45, 7) is 2.33. The van der Waals surface area contributed by atoms with Crippen LogP contribution in [0.25, 0.3) is 0 Å². The second-order valence-electron chi connectivity index (χ2n) is 6.55. The molecule has 0 saturated heterocycles. The zero-order valence-corrected chi connectivity index (χ0v) is 13.7. The summed E-state index contributed by atoms with van der Waals surface area (Å²) in [5.41, 5.74) is 1.17. The zero-order chi connectivity index (χ0) is 14.7. The smallest absolute Gasteiger partial charge is 0.137 e. The molecule has 116 valence electrons. The molecule has 1 aromatic carbocycles. The molecule has 2 aliphatic rings. The Morgan fingerprint density at radius 3 is 2.67 bits per heavy atom. The molecule has 1 aromatic rings. The summed E-state index contributed by atoms with van der Waals surface area (Å²) < 4.78 is 13.9. The lowest BCUT2D eigenvalue weighted by Crippen LogP contribution is -2.37. The second kappa shape index (κ2) is 7.15. The van der Waals surface area contributed by atoms with E-state index in [1.54, 1.807) is 17.8 Å². The molecule has 1 fully saturated rings. The third-order valence-corrected chi connectivity index (χ3v) is 6.26. The largest absolute Gasteiger partial charge is 0.307 e. The highest BCUT2D eigenvalue weighted by molar-refractivity contribution is 7.99. The molecule has 1 nitrogen and oxygen atoms in total. The lowest BCUT2D eigenvalue weighted by molar-refractivity contribution is 0.304. The van der Waals surface area contributed by atoms with Crippen molar-refractivity contribution in [1.29, 1.82) is 0 Å². The predicted molar refractivity (Wildman–Crippen MR) is 88.3 cm³/mol. The Bertz CT molecular complexity index is 468. The van der Waals surface area contributed by atoms with Crippen LogP contribution in [0.15, 0.2) is 23.1 Å². The number of hydrogen-bond donors (Lipinski definition) is 1. The average molecular weight is 307 g/mol. The molecule has 0 amide bonds. The maximum absolute atomic E-state index is 13.9. The maximum Gasteiger partial charge on any atom is 0.137 e. The van der Waals surface area contributed by atoms with Crippen LogP contribution in [0.5, 0.6) is 0 Å². The van der Waals surface area contributed by atoms with Crippen molar-refractivity contribution in [3.05, 3.63) is 29.6 Å². The fourth-order valence-corrected chi connectivity index (χ4v) is 4.96. The van der Waals surface area contributed by atoms with Crippen LogP contribution in [0.3, 0.4) is 0 Å². The van der Waals surface area contributed by atoms with Gasteiger partial charge in [0.1, 0.15) is 5.82 Å². The Hall–Kier alpha value is -0.540. The van der Waals surface area contributed by atoms with Crippen molar-refractivity contribution in [2.24, 2.45) is 5.92 Å². The van der Waals surface area contributed by atoms with E-state index in [1.807, 2.05) is 6.07 Å². The third kappa shape index (κ3) is 3.62. The zero-order valence-electron chi connectivity index (χ0n) is 12.9. The van der Waals surface area contributed by atoms with Gasteiger partial charge >= 0.3 is 0 Å². The van der Waals surface area contributed by atoms with Crippen molar-refractivity contribution in [3.8, 4) is 0 Å². The molecule has 1 unspecified atom stereocenters. The summed E-state index contributed by atoms with van der Waals surface area (Å²) in [6, 6.07) is 6.40. The fraction of sp³-hybridized carbons (Fsp3) is 0.667. The van der Waals surface area contributed by atoms with Gasteiger partial charge in [-0.25, -0.2) is 4.39 Å². The molecule has 0 bridgehead atoms. The van der Waals surface area contributed by atoms with E-state index >= 15 is 0 Å². The first-order valence-electron chi connectivity index (χ1n) is 8.43. The minimum atomic E-state index is -0.0499. The van der Waals surface area contributed by atoms with Gasteiger partial charge in [-0.15, -0.1) is 11.8 Å². The van der Waals surface area contributed by atoms with Crippen molar-refractivity contribution in [3.63, 3.8) is 0 Å². The highest BCUT2D eigenvalue weighted by Gasteiger charge is 2.27. The number of fused-ring (bicyclic) bond motifs is 1. The van der Waals surface area contributed by atoms with Crippen LogP contribution in [-0.4, -0.2) is 11.8 Å². The van der Waals surface area contributed by atoms with E-state index in [-0.39, 0.29) is 5.82 Å². The van der Waals surface area contributed by atoms with Gasteiger partial charge in [0.2, 0.25) is 0 Å². The second-order valence-corrected chi connectivity index (χ2v) is 7.66. The topological polar surface area (TPSA) is 12.0 Å². The Labute approximate surface area is 132 Å². The lowest BCUT2D eigenvalue weighted by atomic mass is 9.91. The van der Waals surface area contributed by atoms with Crippen LogP contribution in [0.4, 0.5) is 4.39 Å². The number of benzene rings is 1. The van der Waals surface area contributed by atoms with Crippen LogP contribution < -0.4 is 5.32 Å². The molecule has 3 heteroatoms. The molecule has 1 aliphatic carbocycles. The molecule has 3 rings (SSSR count). The fourth-order valence-electron chi connectivity index (χ4n) is 3.82. The van der Waals surface area contributed by atoms with Gasteiger partial charge in [0.05, 0.1) is 0 Å². The normalized spacial score (nSPS) is 25.1. The van der Waals surface area contributed by atoms with E-state index < -0.39 is 0 Å². The van der Waals surface area contributed by atoms with Crippen LogP contribution >= 0.6 is 11.8 Å². The number of nitrogens with one attached hydrogen (secondary N) is 1. The summed E-state index contributed by atoms with van der Waals surface area (Å²) in [6.07, 6.45) is 9.37. The first-order chi connectivity index (χ1) is 10.3. The quantitative estimate of drug-likeness (QED) is 0.759. The summed E-state index contributed by atoms with van der Waals surface area (Å²) in [7, 11) is 0. The van der Waals surface area contributed by atoms with Crippen molar-refractivity contribution in [1.82, 2.24) is 5.32 Å². The van der Waals surface area contributed by atoms with Crippen molar-refractivity contribution in [2.75, 3.05) is 5.75 Å². The van der Waals surface area contributed by atoms with Gasteiger partial charge < -0.3 is 5.32 Å². The number of rotatable bonds is 3. The van der Waals surface area contributed by atoms with Crippen LogP contribution in [0, 0.1) is 11.7 Å². The molecule has 1 aliphatic heterocycles. The maximum atomic E-state index is 13.9. The van der Waals surface area contributed by atoms with Crippen molar-refractivity contribution >= 4 is 11.8 Å². The average Bonchev–Trinajstić information content (AvgIpc) is 2.77. The molecule has 21 heavy (non-hydrogen) atoms. The summed E-state index contributed by atoms with van der Waals surface area (Å²) in [4.78, 5) is 0.870. The highest BCUT2D eigenvalue weighted by Crippen LogP contribution is 2.38. The van der Waals surface area contributed by atoms with Gasteiger partial charge in [-0.1, -0.05) is 37.8 Å². The molecule has 1 saturated carbocycles. The molecule has 0 spiro atoms. The molecule has 0 radical (unpaired) electrons. The molecule has 1 N–H and O–H groups in total. The summed E-state index contributed by atoms with van der Waals surface area (Å²) in [5.74, 6) is 1.76. The first-order valence-corrected chi connectivity index (χ1v) is 9.41. The van der Waals surface area contributed by atoms with Gasteiger partial charge in [0.15, 0.2) is 0 Å². The van der Waals surface area contributed by atoms with Crippen molar-refractivity contribution < 1.29 is 4.39 Å². The van der Waals surface area contributed by atoms with E-state index in [4.69, 9.17) is 0 Å². The standard InChI is InChI=1S/C18H26FNS/c1-13(14-7-4-2-3-5-8-14)20-17-11-12-21-18-15(17)9-6-10-16(18)19/h6,9-10,13-14,17,20H,2-5,7-8,11-12H2,1H3/t13-,17?/m1/s1. The van der Waals surface area contributed by atoms with E-state index in [0.29, 0.717) is 12.1 Å². The number of thioether (sulfide) groups is 1. The first kappa shape index (κ1) is 15.4. The van der Waals surface area contributed by atoms with Crippen LogP contribution in [-0.2, 0) is 0 Å². The monoisotopic (exact) mass is 307 g/mol. The summed E-state index contributed by atoms with van der Waals surface area (Å²) in [5, 5.41) is 3.82. The van der Waals surface area contributed by atoms with Gasteiger partial charge in [-0.2, -0.15) is 0 Å². The minimum Gasteiger partial charge on any atom is -0.307 e. The molecule has 1 heterocycles. The van der Waals surface area contributed by atoms with Crippen molar-refractivity contribution in [2.45, 2.75) is 68.8 Å². The van der Waals surface area contributed by atoms with Crippen LogP contribution in [0.1, 0.15) is 63.5 Å². The Kier molecular flexibility index (Phi) is 5.23. The Morgan fingerprint density at radius 2 is 1.90 bits per heavy atom. The van der Waals surface area contributed by atoms with Crippen LogP contribution in [0.2, 0.25) is 0 Å². The van der Waals surface area contributed by atoms with Gasteiger partial charge in [0, 0.05) is 17.0 Å². The van der Waals surface area contributed by atoms with Gasteiger partial charge in [0.25, 0.3) is 0 Å². The predicted octanol–water partition coefficient (Wildman–Crippen LogP) is 5.31. The SMILES string of the molecule is C[C@@H](NC1CCSc2c(F)cccc21)C1CCCCCC1. The lowest BCUT2D eigenvalue weighted by Gasteiger charge is -2.32. The van der Waals surface area contributed by atoms with Gasteiger partial charge in [-0.3, -0.25) is 0 Å². The minimum absolute atomic E-state index is 0.0499.